The highest BCUT2D eigenvalue weighted by molar-refractivity contribution is 5.85. The Morgan fingerprint density at radius 3 is 2.11 bits per heavy atom. The highest BCUT2D eigenvalue weighted by atomic mass is 16.6. The van der Waals surface area contributed by atoms with Crippen LogP contribution in [0.5, 0.6) is 0 Å². The third-order valence-electron chi connectivity index (χ3n) is 5.41. The van der Waals surface area contributed by atoms with Gasteiger partial charge in [0.2, 0.25) is 0 Å². The second-order valence-electron chi connectivity index (χ2n) is 8.60. The van der Waals surface area contributed by atoms with Crippen molar-refractivity contribution in [3.8, 4) is 11.1 Å². The van der Waals surface area contributed by atoms with Gasteiger partial charge in [-0.05, 0) is 74.9 Å². The monoisotopic (exact) mass is 381 g/mol. The Labute approximate surface area is 168 Å². The standard InChI is InChI=1S/C24H31NO3/c1-14-8-10-17(11-9-14)20-15(2)18-12-25-13-19(18)16(3)21(20)22(23(26)27-7)28-24(4,5)6/h8-11,22,25H,12-13H2,1-7H3. The number of carbonyl (C=O) groups is 1. The lowest BCUT2D eigenvalue weighted by Crippen LogP contribution is -2.29. The molecule has 0 radical (unpaired) electrons. The van der Waals surface area contributed by atoms with Crippen molar-refractivity contribution in [1.29, 1.82) is 0 Å². The first-order valence-electron chi connectivity index (χ1n) is 9.82. The second-order valence-corrected chi connectivity index (χ2v) is 8.60. The molecule has 0 aromatic heterocycles. The van der Waals surface area contributed by atoms with E-state index in [9.17, 15) is 4.79 Å². The average Bonchev–Trinajstić information content (AvgIpc) is 3.13. The van der Waals surface area contributed by atoms with Crippen LogP contribution in [0.1, 0.15) is 60.3 Å². The number of carbonyl (C=O) groups excluding carboxylic acids is 1. The van der Waals surface area contributed by atoms with Gasteiger partial charge >= 0.3 is 5.97 Å². The largest absolute Gasteiger partial charge is 0.467 e. The first kappa shape index (κ1) is 20.6. The molecule has 3 rings (SSSR count). The molecular formula is C24H31NO3. The maximum atomic E-state index is 12.8. The Morgan fingerprint density at radius 2 is 1.57 bits per heavy atom. The highest BCUT2D eigenvalue weighted by Gasteiger charge is 2.34. The number of aryl methyl sites for hydroxylation is 1. The molecule has 1 aliphatic heterocycles. The highest BCUT2D eigenvalue weighted by Crippen LogP contribution is 2.42. The van der Waals surface area contributed by atoms with E-state index in [2.05, 4.69) is 50.4 Å². The van der Waals surface area contributed by atoms with E-state index in [4.69, 9.17) is 9.47 Å². The summed E-state index contributed by atoms with van der Waals surface area (Å²) in [4.78, 5) is 12.8. The van der Waals surface area contributed by atoms with Crippen LogP contribution in [-0.4, -0.2) is 18.7 Å². The van der Waals surface area contributed by atoms with E-state index in [-0.39, 0.29) is 5.97 Å². The zero-order valence-electron chi connectivity index (χ0n) is 18.0. The minimum absolute atomic E-state index is 0.364. The summed E-state index contributed by atoms with van der Waals surface area (Å²) < 4.78 is 11.4. The third-order valence-corrected chi connectivity index (χ3v) is 5.41. The topological polar surface area (TPSA) is 47.6 Å². The van der Waals surface area contributed by atoms with Crippen LogP contribution in [0, 0.1) is 20.8 Å². The molecule has 0 saturated carbocycles. The lowest BCUT2D eigenvalue weighted by Gasteiger charge is -2.30. The van der Waals surface area contributed by atoms with Gasteiger partial charge in [-0.2, -0.15) is 0 Å². The molecule has 1 N–H and O–H groups in total. The normalized spacial score (nSPS) is 14.7. The summed E-state index contributed by atoms with van der Waals surface area (Å²) in [6.45, 7) is 13.9. The molecule has 1 aliphatic rings. The van der Waals surface area contributed by atoms with Gasteiger partial charge < -0.3 is 14.8 Å². The van der Waals surface area contributed by atoms with Crippen LogP contribution < -0.4 is 5.32 Å². The smallest absolute Gasteiger partial charge is 0.339 e. The van der Waals surface area contributed by atoms with Crippen LogP contribution in [0.3, 0.4) is 0 Å². The Bertz CT molecular complexity index is 892. The van der Waals surface area contributed by atoms with Crippen molar-refractivity contribution in [2.24, 2.45) is 0 Å². The van der Waals surface area contributed by atoms with E-state index in [1.807, 2.05) is 20.8 Å². The minimum Gasteiger partial charge on any atom is -0.467 e. The number of hydrogen-bond donors (Lipinski definition) is 1. The average molecular weight is 382 g/mol. The molecule has 2 aromatic carbocycles. The zero-order valence-corrected chi connectivity index (χ0v) is 18.0. The van der Waals surface area contributed by atoms with Crippen molar-refractivity contribution in [3.05, 3.63) is 57.6 Å². The molecule has 28 heavy (non-hydrogen) atoms. The number of fused-ring (bicyclic) bond motifs is 1. The van der Waals surface area contributed by atoms with Gasteiger partial charge in [-0.25, -0.2) is 4.79 Å². The van der Waals surface area contributed by atoms with Crippen LogP contribution in [0.2, 0.25) is 0 Å². The maximum absolute atomic E-state index is 12.8. The molecule has 0 amide bonds. The van der Waals surface area contributed by atoms with Gasteiger partial charge in [-0.3, -0.25) is 0 Å². The van der Waals surface area contributed by atoms with E-state index in [0.29, 0.717) is 0 Å². The number of ether oxygens (including phenoxy) is 2. The Kier molecular flexibility index (Phi) is 5.64. The molecule has 2 aromatic rings. The van der Waals surface area contributed by atoms with Gasteiger partial charge in [-0.1, -0.05) is 29.8 Å². The Balaban J connectivity index is 2.33. The van der Waals surface area contributed by atoms with E-state index in [1.54, 1.807) is 0 Å². The van der Waals surface area contributed by atoms with Gasteiger partial charge in [0.25, 0.3) is 0 Å². The van der Waals surface area contributed by atoms with Crippen LogP contribution >= 0.6 is 0 Å². The van der Waals surface area contributed by atoms with Crippen molar-refractivity contribution in [2.75, 3.05) is 7.11 Å². The maximum Gasteiger partial charge on any atom is 0.339 e. The number of rotatable bonds is 4. The molecule has 0 aliphatic carbocycles. The fraction of sp³-hybridized carbons (Fsp3) is 0.458. The van der Waals surface area contributed by atoms with Gasteiger partial charge in [-0.15, -0.1) is 0 Å². The van der Waals surface area contributed by atoms with Gasteiger partial charge in [0, 0.05) is 18.7 Å². The van der Waals surface area contributed by atoms with Crippen molar-refractivity contribution in [1.82, 2.24) is 5.32 Å². The van der Waals surface area contributed by atoms with Crippen LogP contribution in [0.4, 0.5) is 0 Å². The van der Waals surface area contributed by atoms with Crippen LogP contribution in [0.25, 0.3) is 11.1 Å². The van der Waals surface area contributed by atoms with Crippen molar-refractivity contribution in [3.63, 3.8) is 0 Å². The quantitative estimate of drug-likeness (QED) is 0.765. The number of esters is 1. The predicted molar refractivity (Wildman–Crippen MR) is 112 cm³/mol. The number of hydrogen-bond acceptors (Lipinski definition) is 4. The molecule has 1 heterocycles. The van der Waals surface area contributed by atoms with Crippen molar-refractivity contribution < 1.29 is 14.3 Å². The molecule has 0 bridgehead atoms. The van der Waals surface area contributed by atoms with E-state index < -0.39 is 11.7 Å². The van der Waals surface area contributed by atoms with Crippen LogP contribution in [0.15, 0.2) is 24.3 Å². The zero-order chi connectivity index (χ0) is 20.6. The summed E-state index contributed by atoms with van der Waals surface area (Å²) in [5.41, 5.74) is 8.74. The second kappa shape index (κ2) is 7.69. The Morgan fingerprint density at radius 1 is 1.00 bits per heavy atom. The van der Waals surface area contributed by atoms with E-state index >= 15 is 0 Å². The molecular weight excluding hydrogens is 350 g/mol. The lowest BCUT2D eigenvalue weighted by molar-refractivity contribution is -0.164. The molecule has 0 fully saturated rings. The first-order valence-corrected chi connectivity index (χ1v) is 9.82. The molecule has 4 nitrogen and oxygen atoms in total. The molecule has 150 valence electrons. The summed E-state index contributed by atoms with van der Waals surface area (Å²) in [5, 5.41) is 3.46. The third kappa shape index (κ3) is 3.85. The summed E-state index contributed by atoms with van der Waals surface area (Å²) in [6, 6.07) is 8.47. The first-order chi connectivity index (χ1) is 13.1. The fourth-order valence-corrected chi connectivity index (χ4v) is 4.05. The summed E-state index contributed by atoms with van der Waals surface area (Å²) in [6.07, 6.45) is -0.772. The molecule has 0 saturated heterocycles. The SMILES string of the molecule is COC(=O)C(OC(C)(C)C)c1c(C)c2c(c(C)c1-c1ccc(C)cc1)CNC2. The van der Waals surface area contributed by atoms with E-state index in [1.165, 1.54) is 29.4 Å². The molecule has 4 heteroatoms. The summed E-state index contributed by atoms with van der Waals surface area (Å²) in [5.74, 6) is -0.364. The van der Waals surface area contributed by atoms with Crippen LogP contribution in [-0.2, 0) is 27.4 Å². The number of methoxy groups -OCH3 is 1. The number of benzene rings is 2. The predicted octanol–water partition coefficient (Wildman–Crippen LogP) is 4.91. The number of nitrogens with one attached hydrogen (secondary N) is 1. The fourth-order valence-electron chi connectivity index (χ4n) is 4.05. The summed E-state index contributed by atoms with van der Waals surface area (Å²) >= 11 is 0. The van der Waals surface area contributed by atoms with E-state index in [0.717, 1.165) is 35.3 Å². The van der Waals surface area contributed by atoms with Crippen molar-refractivity contribution in [2.45, 2.75) is 66.3 Å². The van der Waals surface area contributed by atoms with Gasteiger partial charge in [0.1, 0.15) is 0 Å². The lowest BCUT2D eigenvalue weighted by atomic mass is 9.83. The Hall–Kier alpha value is -2.17. The summed E-state index contributed by atoms with van der Waals surface area (Å²) in [7, 11) is 1.42. The molecule has 0 spiro atoms. The van der Waals surface area contributed by atoms with Gasteiger partial charge in [0.05, 0.1) is 12.7 Å². The van der Waals surface area contributed by atoms with Gasteiger partial charge in [0.15, 0.2) is 6.10 Å². The molecule has 1 unspecified atom stereocenters. The van der Waals surface area contributed by atoms with Crippen molar-refractivity contribution >= 4 is 5.97 Å². The minimum atomic E-state index is -0.772. The molecule has 1 atom stereocenters.